The van der Waals surface area contributed by atoms with Crippen molar-refractivity contribution in [3.63, 3.8) is 0 Å². The molecule has 0 fully saturated rings. The summed E-state index contributed by atoms with van der Waals surface area (Å²) in [5.41, 5.74) is 1.48. The van der Waals surface area contributed by atoms with Gasteiger partial charge in [-0.3, -0.25) is 4.79 Å². The van der Waals surface area contributed by atoms with Gasteiger partial charge in [0.2, 0.25) is 0 Å². The average Bonchev–Trinajstić information content (AvgIpc) is 2.48. The summed E-state index contributed by atoms with van der Waals surface area (Å²) < 4.78 is 78.1. The highest BCUT2D eigenvalue weighted by molar-refractivity contribution is 5.70. The van der Waals surface area contributed by atoms with Gasteiger partial charge in [-0.15, -0.1) is 0 Å². The third kappa shape index (κ3) is 5.91. The molecular weight excluding hydrogens is 352 g/mol. The molecule has 0 spiro atoms. The molecule has 0 radical (unpaired) electrons. The summed E-state index contributed by atoms with van der Waals surface area (Å²) in [6.45, 7) is 1.52. The maximum Gasteiger partial charge on any atom is 0.417 e. The van der Waals surface area contributed by atoms with Crippen molar-refractivity contribution in [1.82, 2.24) is 0 Å². The highest BCUT2D eigenvalue weighted by Crippen LogP contribution is 2.42. The van der Waals surface area contributed by atoms with Crippen molar-refractivity contribution in [1.29, 1.82) is 0 Å². The molecule has 0 aliphatic heterocycles. The number of rotatable bonds is 7. The van der Waals surface area contributed by atoms with Crippen LogP contribution in [0.3, 0.4) is 0 Å². The van der Waals surface area contributed by atoms with Crippen LogP contribution in [0.2, 0.25) is 0 Å². The highest BCUT2D eigenvalue weighted by Gasteiger charge is 2.44. The molecular formula is C16H19F6NO2. The van der Waals surface area contributed by atoms with Crippen molar-refractivity contribution < 1.29 is 36.2 Å². The first kappa shape index (κ1) is 21.3. The SMILES string of the molecule is CC(CCc1cccc(C(F)(F)F)c1C(F)(F)F)CC(CN)C(=O)O. The Kier molecular flexibility index (Phi) is 6.87. The van der Waals surface area contributed by atoms with Crippen LogP contribution in [0.15, 0.2) is 18.2 Å². The lowest BCUT2D eigenvalue weighted by Crippen LogP contribution is -2.25. The monoisotopic (exact) mass is 371 g/mol. The van der Waals surface area contributed by atoms with E-state index >= 15 is 0 Å². The maximum absolute atomic E-state index is 13.1. The second-order valence-electron chi connectivity index (χ2n) is 5.99. The Morgan fingerprint density at radius 2 is 1.76 bits per heavy atom. The minimum atomic E-state index is -5.13. The van der Waals surface area contributed by atoms with E-state index in [0.29, 0.717) is 6.07 Å². The fourth-order valence-corrected chi connectivity index (χ4v) is 2.68. The lowest BCUT2D eigenvalue weighted by Gasteiger charge is -2.21. The molecule has 1 aromatic carbocycles. The molecule has 0 aliphatic rings. The second-order valence-corrected chi connectivity index (χ2v) is 5.99. The summed E-state index contributed by atoms with van der Waals surface area (Å²) in [6, 6.07) is 2.37. The third-order valence-electron chi connectivity index (χ3n) is 3.97. The highest BCUT2D eigenvalue weighted by atomic mass is 19.4. The predicted octanol–water partition coefficient (Wildman–Crippen LogP) is 4.34. The Labute approximate surface area is 140 Å². The van der Waals surface area contributed by atoms with E-state index in [-0.39, 0.29) is 31.7 Å². The zero-order chi connectivity index (χ0) is 19.4. The zero-order valence-corrected chi connectivity index (χ0v) is 13.4. The van der Waals surface area contributed by atoms with E-state index in [1.807, 2.05) is 0 Å². The van der Waals surface area contributed by atoms with Crippen LogP contribution in [0.4, 0.5) is 26.3 Å². The second kappa shape index (κ2) is 8.07. The summed E-state index contributed by atoms with van der Waals surface area (Å²) in [5.74, 6) is -2.25. The number of alkyl halides is 6. The van der Waals surface area contributed by atoms with Gasteiger partial charge in [0.15, 0.2) is 0 Å². The van der Waals surface area contributed by atoms with E-state index in [1.165, 1.54) is 0 Å². The molecule has 0 heterocycles. The lowest BCUT2D eigenvalue weighted by molar-refractivity contribution is -0.162. The van der Waals surface area contributed by atoms with E-state index < -0.39 is 40.9 Å². The minimum Gasteiger partial charge on any atom is -0.481 e. The minimum absolute atomic E-state index is 0.114. The number of aliphatic carboxylic acids is 1. The Balaban J connectivity index is 3.01. The van der Waals surface area contributed by atoms with Crippen LogP contribution in [0, 0.1) is 11.8 Å². The van der Waals surface area contributed by atoms with Crippen LogP contribution in [0.5, 0.6) is 0 Å². The summed E-state index contributed by atoms with van der Waals surface area (Å²) >= 11 is 0. The van der Waals surface area contributed by atoms with Crippen molar-refractivity contribution in [3.8, 4) is 0 Å². The lowest BCUT2D eigenvalue weighted by atomic mass is 9.89. The van der Waals surface area contributed by atoms with E-state index in [1.54, 1.807) is 6.92 Å². The first-order chi connectivity index (χ1) is 11.4. The van der Waals surface area contributed by atoms with Gasteiger partial charge in [-0.05, 0) is 36.8 Å². The predicted molar refractivity (Wildman–Crippen MR) is 78.7 cm³/mol. The largest absolute Gasteiger partial charge is 0.481 e. The Hall–Kier alpha value is -1.77. The molecule has 0 aliphatic carbocycles. The van der Waals surface area contributed by atoms with E-state index in [9.17, 15) is 31.1 Å². The first-order valence-corrected chi connectivity index (χ1v) is 7.57. The molecule has 0 aromatic heterocycles. The van der Waals surface area contributed by atoms with Gasteiger partial charge in [0.1, 0.15) is 0 Å². The summed E-state index contributed by atoms with van der Waals surface area (Å²) in [6.07, 6.45) is -10.2. The summed E-state index contributed by atoms with van der Waals surface area (Å²) in [7, 11) is 0. The molecule has 2 unspecified atom stereocenters. The Morgan fingerprint density at radius 1 is 1.16 bits per heavy atom. The van der Waals surface area contributed by atoms with Crippen LogP contribution in [0.25, 0.3) is 0 Å². The van der Waals surface area contributed by atoms with Crippen LogP contribution >= 0.6 is 0 Å². The van der Waals surface area contributed by atoms with Gasteiger partial charge >= 0.3 is 18.3 Å². The maximum atomic E-state index is 13.1. The zero-order valence-electron chi connectivity index (χ0n) is 13.4. The van der Waals surface area contributed by atoms with Crippen molar-refractivity contribution >= 4 is 5.97 Å². The van der Waals surface area contributed by atoms with E-state index in [0.717, 1.165) is 12.1 Å². The molecule has 0 amide bonds. The van der Waals surface area contributed by atoms with Crippen molar-refractivity contribution in [2.45, 2.75) is 38.5 Å². The number of hydrogen-bond donors (Lipinski definition) is 2. The smallest absolute Gasteiger partial charge is 0.417 e. The number of halogens is 6. The van der Waals surface area contributed by atoms with Crippen LogP contribution in [0.1, 0.15) is 36.5 Å². The normalized spacial score (nSPS) is 15.0. The van der Waals surface area contributed by atoms with Crippen molar-refractivity contribution in [3.05, 3.63) is 34.9 Å². The number of nitrogens with two attached hydrogens (primary N) is 1. The molecule has 1 aromatic rings. The molecule has 9 heteroatoms. The molecule has 3 nitrogen and oxygen atoms in total. The number of carboxylic acid groups (broad SMARTS) is 1. The topological polar surface area (TPSA) is 63.3 Å². The van der Waals surface area contributed by atoms with Crippen LogP contribution < -0.4 is 5.73 Å². The molecule has 0 bridgehead atoms. The number of carbonyl (C=O) groups is 1. The van der Waals surface area contributed by atoms with Gasteiger partial charge < -0.3 is 10.8 Å². The number of aryl methyl sites for hydroxylation is 1. The van der Waals surface area contributed by atoms with Crippen LogP contribution in [-0.2, 0) is 23.6 Å². The molecule has 142 valence electrons. The fourth-order valence-electron chi connectivity index (χ4n) is 2.68. The van der Waals surface area contributed by atoms with Gasteiger partial charge in [0.05, 0.1) is 17.0 Å². The number of hydrogen-bond acceptors (Lipinski definition) is 2. The molecule has 0 saturated carbocycles. The Morgan fingerprint density at radius 3 is 2.20 bits per heavy atom. The fraction of sp³-hybridized carbons (Fsp3) is 0.562. The van der Waals surface area contributed by atoms with Crippen molar-refractivity contribution in [2.24, 2.45) is 17.6 Å². The number of carboxylic acids is 1. The van der Waals surface area contributed by atoms with Crippen LogP contribution in [-0.4, -0.2) is 17.6 Å². The third-order valence-corrected chi connectivity index (χ3v) is 3.97. The van der Waals surface area contributed by atoms with Gasteiger partial charge in [0, 0.05) is 6.54 Å². The van der Waals surface area contributed by atoms with Gasteiger partial charge in [-0.1, -0.05) is 19.1 Å². The molecule has 2 atom stereocenters. The first-order valence-electron chi connectivity index (χ1n) is 7.57. The summed E-state index contributed by atoms with van der Waals surface area (Å²) in [5, 5.41) is 8.93. The van der Waals surface area contributed by atoms with Gasteiger partial charge in [0.25, 0.3) is 0 Å². The number of benzene rings is 1. The molecule has 0 saturated heterocycles. The quantitative estimate of drug-likeness (QED) is 0.701. The average molecular weight is 371 g/mol. The van der Waals surface area contributed by atoms with E-state index in [4.69, 9.17) is 10.8 Å². The standard InChI is InChI=1S/C16H19F6NO2/c1-9(7-11(8-23)14(24)25)5-6-10-3-2-4-12(15(17,18)19)13(10)16(20,21)22/h2-4,9,11H,5-8,23H2,1H3,(H,24,25). The molecule has 1 rings (SSSR count). The molecule has 3 N–H and O–H groups in total. The summed E-state index contributed by atoms with van der Waals surface area (Å²) in [4.78, 5) is 10.9. The van der Waals surface area contributed by atoms with Crippen molar-refractivity contribution in [2.75, 3.05) is 6.54 Å². The Bertz CT molecular complexity index is 597. The van der Waals surface area contributed by atoms with Gasteiger partial charge in [-0.25, -0.2) is 0 Å². The van der Waals surface area contributed by atoms with Gasteiger partial charge in [-0.2, -0.15) is 26.3 Å². The van der Waals surface area contributed by atoms with E-state index in [2.05, 4.69) is 0 Å². The molecule has 25 heavy (non-hydrogen) atoms.